The lowest BCUT2D eigenvalue weighted by Gasteiger charge is -2.33. The highest BCUT2D eigenvalue weighted by molar-refractivity contribution is 6.48. The van der Waals surface area contributed by atoms with Crippen LogP contribution in [0.4, 0.5) is 0 Å². The Hall–Kier alpha value is -1.57. The summed E-state index contributed by atoms with van der Waals surface area (Å²) in [4.78, 5) is 0. The third kappa shape index (κ3) is 4.74. The average Bonchev–Trinajstić information content (AvgIpc) is 2.54. The molecule has 1 aliphatic carbocycles. The number of aryl methyl sites for hydroxylation is 1. The van der Waals surface area contributed by atoms with Crippen molar-refractivity contribution in [1.82, 2.24) is 0 Å². The Morgan fingerprint density at radius 3 is 2.36 bits per heavy atom. The standard InChI is InChI=1S/C21H28B2O2/c1-4-5-6-7-15-11-18(24)20(19(25)12-15)17-10-13(2)8-9-16(17)14(3)21(22)23/h10-12,16-17,24-25H,4-9H2,1-3H3. The van der Waals surface area contributed by atoms with Crippen molar-refractivity contribution in [2.45, 2.75) is 65.2 Å². The third-order valence-electron chi connectivity index (χ3n) is 5.36. The Balaban J connectivity index is 2.40. The van der Waals surface area contributed by atoms with E-state index in [1.54, 1.807) is 12.1 Å². The van der Waals surface area contributed by atoms with Crippen molar-refractivity contribution in [3.05, 3.63) is 45.9 Å². The molecule has 0 aliphatic heterocycles. The van der Waals surface area contributed by atoms with Crippen LogP contribution in [-0.2, 0) is 6.42 Å². The van der Waals surface area contributed by atoms with Crippen molar-refractivity contribution < 1.29 is 10.2 Å². The number of hydrogen-bond donors (Lipinski definition) is 2. The SMILES string of the molecule is [B]C([B])=C(C)C1CCC(C)=CC1c1c(O)cc(CCCCC)cc1O. The fourth-order valence-corrected chi connectivity index (χ4v) is 3.80. The molecule has 1 aromatic rings. The molecule has 0 aromatic heterocycles. The Labute approximate surface area is 154 Å². The number of hydrogen-bond acceptors (Lipinski definition) is 2. The van der Waals surface area contributed by atoms with Crippen molar-refractivity contribution in [2.75, 3.05) is 0 Å². The number of rotatable bonds is 6. The maximum Gasteiger partial charge on any atom is 0.123 e. The van der Waals surface area contributed by atoms with Crippen molar-refractivity contribution >= 4 is 15.7 Å². The highest BCUT2D eigenvalue weighted by atomic mass is 16.3. The van der Waals surface area contributed by atoms with Crippen LogP contribution in [0, 0.1) is 5.92 Å². The minimum atomic E-state index is -0.111. The van der Waals surface area contributed by atoms with E-state index in [4.69, 9.17) is 15.7 Å². The first-order chi connectivity index (χ1) is 11.8. The Bertz CT molecular complexity index is 649. The van der Waals surface area contributed by atoms with Gasteiger partial charge in [-0.1, -0.05) is 37.0 Å². The highest BCUT2D eigenvalue weighted by Crippen LogP contribution is 2.47. The van der Waals surface area contributed by atoms with E-state index in [9.17, 15) is 10.2 Å². The highest BCUT2D eigenvalue weighted by Gasteiger charge is 2.30. The molecule has 0 spiro atoms. The van der Waals surface area contributed by atoms with E-state index in [-0.39, 0.29) is 23.3 Å². The van der Waals surface area contributed by atoms with Crippen LogP contribution in [-0.4, -0.2) is 25.9 Å². The Kier molecular flexibility index (Phi) is 6.86. The zero-order chi connectivity index (χ0) is 18.6. The molecule has 0 heterocycles. The van der Waals surface area contributed by atoms with Crippen LogP contribution >= 0.6 is 0 Å². The van der Waals surface area contributed by atoms with Crippen LogP contribution in [0.2, 0.25) is 0 Å². The number of phenols is 2. The smallest absolute Gasteiger partial charge is 0.123 e. The molecular formula is C21H28B2O2. The number of allylic oxidation sites excluding steroid dienone is 3. The zero-order valence-electron chi connectivity index (χ0n) is 15.7. The van der Waals surface area contributed by atoms with Crippen LogP contribution in [0.25, 0.3) is 0 Å². The topological polar surface area (TPSA) is 40.5 Å². The van der Waals surface area contributed by atoms with Crippen LogP contribution in [0.15, 0.2) is 34.7 Å². The molecule has 0 amide bonds. The summed E-state index contributed by atoms with van der Waals surface area (Å²) in [5.74, 6) is 0.309. The first-order valence-corrected chi connectivity index (χ1v) is 9.28. The van der Waals surface area contributed by atoms with E-state index < -0.39 is 0 Å². The molecule has 2 N–H and O–H groups in total. The lowest BCUT2D eigenvalue weighted by Crippen LogP contribution is -2.19. The molecule has 0 bridgehead atoms. The van der Waals surface area contributed by atoms with Gasteiger partial charge < -0.3 is 10.2 Å². The summed E-state index contributed by atoms with van der Waals surface area (Å²) in [6.45, 7) is 6.19. The molecule has 2 atom stereocenters. The van der Waals surface area contributed by atoms with Gasteiger partial charge in [-0.05, 0) is 63.1 Å². The van der Waals surface area contributed by atoms with Crippen molar-refractivity contribution in [2.24, 2.45) is 5.92 Å². The van der Waals surface area contributed by atoms with Crippen LogP contribution in [0.3, 0.4) is 0 Å². The molecule has 0 saturated heterocycles. The lowest BCUT2D eigenvalue weighted by atomic mass is 9.66. The summed E-state index contributed by atoms with van der Waals surface area (Å²) in [6, 6.07) is 3.59. The number of unbranched alkanes of at least 4 members (excludes halogenated alkanes) is 2. The van der Waals surface area contributed by atoms with E-state index in [1.165, 1.54) is 5.57 Å². The first-order valence-electron chi connectivity index (χ1n) is 9.28. The molecule has 2 nitrogen and oxygen atoms in total. The van der Waals surface area contributed by atoms with E-state index in [0.29, 0.717) is 10.9 Å². The summed E-state index contributed by atoms with van der Waals surface area (Å²) >= 11 is 0. The van der Waals surface area contributed by atoms with Crippen LogP contribution in [0.1, 0.15) is 69.9 Å². The normalized spacial score (nSPS) is 20.2. The summed E-state index contributed by atoms with van der Waals surface area (Å²) in [6.07, 6.45) is 8.24. The molecule has 0 fully saturated rings. The molecule has 2 rings (SSSR count). The van der Waals surface area contributed by atoms with Gasteiger partial charge in [0.2, 0.25) is 0 Å². The van der Waals surface area contributed by atoms with Crippen LogP contribution in [0.5, 0.6) is 11.5 Å². The summed E-state index contributed by atoms with van der Waals surface area (Å²) in [5.41, 5.74) is 3.75. The van der Waals surface area contributed by atoms with Gasteiger partial charge in [0.1, 0.15) is 11.5 Å². The van der Waals surface area contributed by atoms with Gasteiger partial charge in [0.25, 0.3) is 0 Å². The van der Waals surface area contributed by atoms with Gasteiger partial charge in [-0.15, -0.1) is 0 Å². The Morgan fingerprint density at radius 1 is 1.16 bits per heavy atom. The predicted octanol–water partition coefficient (Wildman–Crippen LogP) is 4.84. The second-order valence-corrected chi connectivity index (χ2v) is 7.33. The van der Waals surface area contributed by atoms with Gasteiger partial charge in [-0.2, -0.15) is 5.37 Å². The zero-order valence-corrected chi connectivity index (χ0v) is 15.7. The Morgan fingerprint density at radius 2 is 1.80 bits per heavy atom. The summed E-state index contributed by atoms with van der Waals surface area (Å²) in [7, 11) is 11.6. The van der Waals surface area contributed by atoms with E-state index in [0.717, 1.165) is 49.7 Å². The second-order valence-electron chi connectivity index (χ2n) is 7.33. The molecular weight excluding hydrogens is 306 g/mol. The summed E-state index contributed by atoms with van der Waals surface area (Å²) < 4.78 is 0. The fourth-order valence-electron chi connectivity index (χ4n) is 3.80. The van der Waals surface area contributed by atoms with Gasteiger partial charge in [0.15, 0.2) is 0 Å². The number of benzene rings is 1. The predicted molar refractivity (Wildman–Crippen MR) is 106 cm³/mol. The molecule has 0 saturated carbocycles. The molecule has 4 heteroatoms. The lowest BCUT2D eigenvalue weighted by molar-refractivity contribution is 0.405. The molecule has 4 radical (unpaired) electrons. The van der Waals surface area contributed by atoms with E-state index >= 15 is 0 Å². The molecule has 25 heavy (non-hydrogen) atoms. The van der Waals surface area contributed by atoms with E-state index in [2.05, 4.69) is 19.9 Å². The van der Waals surface area contributed by atoms with Gasteiger partial charge in [0.05, 0.1) is 15.7 Å². The number of phenolic OH excluding ortho intramolecular Hbond substituents is 2. The third-order valence-corrected chi connectivity index (χ3v) is 5.36. The fraction of sp³-hybridized carbons (Fsp3) is 0.524. The molecule has 130 valence electrons. The largest absolute Gasteiger partial charge is 0.507 e. The minimum Gasteiger partial charge on any atom is -0.507 e. The van der Waals surface area contributed by atoms with Gasteiger partial charge in [-0.3, -0.25) is 0 Å². The van der Waals surface area contributed by atoms with Crippen molar-refractivity contribution in [1.29, 1.82) is 0 Å². The van der Waals surface area contributed by atoms with Gasteiger partial charge in [-0.25, -0.2) is 0 Å². The van der Waals surface area contributed by atoms with Gasteiger partial charge >= 0.3 is 0 Å². The van der Waals surface area contributed by atoms with Crippen molar-refractivity contribution in [3.63, 3.8) is 0 Å². The van der Waals surface area contributed by atoms with E-state index in [1.807, 2.05) is 6.92 Å². The molecule has 1 aliphatic rings. The molecule has 2 unspecified atom stereocenters. The maximum absolute atomic E-state index is 10.6. The average molecular weight is 334 g/mol. The summed E-state index contributed by atoms with van der Waals surface area (Å²) in [5, 5.41) is 21.6. The van der Waals surface area contributed by atoms with Gasteiger partial charge in [0, 0.05) is 11.5 Å². The number of aromatic hydroxyl groups is 2. The van der Waals surface area contributed by atoms with Crippen LogP contribution < -0.4 is 0 Å². The minimum absolute atomic E-state index is 0.0939. The first kappa shape index (κ1) is 19.8. The monoisotopic (exact) mass is 334 g/mol. The molecule has 1 aromatic carbocycles. The quantitative estimate of drug-likeness (QED) is 0.444. The second kappa shape index (κ2) is 8.69. The maximum atomic E-state index is 10.6. The van der Waals surface area contributed by atoms with Crippen molar-refractivity contribution in [3.8, 4) is 11.5 Å².